The highest BCUT2D eigenvalue weighted by atomic mass is 16.6. The number of amides is 1. The number of nitrogens with one attached hydrogen (secondary N) is 1. The number of nitro groups is 1. The number of azo groups is 1. The predicted molar refractivity (Wildman–Crippen MR) is 106 cm³/mol. The second-order valence-electron chi connectivity index (χ2n) is 5.97. The highest BCUT2D eigenvalue weighted by Gasteiger charge is 2.17. The van der Waals surface area contributed by atoms with Gasteiger partial charge in [0.25, 0.3) is 5.69 Å². The summed E-state index contributed by atoms with van der Waals surface area (Å²) in [7, 11) is 1.89. The molecule has 0 unspecified atom stereocenters. The van der Waals surface area contributed by atoms with Crippen LogP contribution in [0.4, 0.5) is 28.4 Å². The smallest absolute Gasteiger partial charge is 0.272 e. The molecule has 0 aromatic heterocycles. The largest absolute Gasteiger partial charge is 0.375 e. The van der Waals surface area contributed by atoms with Crippen molar-refractivity contribution in [2.45, 2.75) is 13.8 Å². The van der Waals surface area contributed by atoms with Gasteiger partial charge in [-0.05, 0) is 25.1 Å². The molecule has 0 heterocycles. The summed E-state index contributed by atoms with van der Waals surface area (Å²) in [5.41, 5.74) is 0.788. The molecule has 0 saturated carbocycles. The average Bonchev–Trinajstić information content (AvgIpc) is 2.70. The van der Waals surface area contributed by atoms with Crippen LogP contribution in [0.5, 0.6) is 0 Å². The molecule has 0 aliphatic carbocycles. The van der Waals surface area contributed by atoms with E-state index in [0.717, 1.165) is 24.4 Å². The van der Waals surface area contributed by atoms with Crippen LogP contribution in [0.3, 0.4) is 0 Å². The predicted octanol–water partition coefficient (Wildman–Crippen LogP) is 4.17. The van der Waals surface area contributed by atoms with Crippen LogP contribution in [0.1, 0.15) is 25.0 Å². The van der Waals surface area contributed by atoms with Crippen molar-refractivity contribution >= 4 is 34.3 Å². The van der Waals surface area contributed by atoms with Crippen molar-refractivity contribution in [2.75, 3.05) is 23.8 Å². The van der Waals surface area contributed by atoms with E-state index in [1.54, 1.807) is 30.3 Å². The average molecular weight is 391 g/mol. The Morgan fingerprint density at radius 1 is 1.21 bits per heavy atom. The second kappa shape index (κ2) is 9.06. The van der Waals surface area contributed by atoms with Crippen LogP contribution in [0.2, 0.25) is 0 Å². The fourth-order valence-corrected chi connectivity index (χ4v) is 2.43. The summed E-state index contributed by atoms with van der Waals surface area (Å²) in [6, 6.07) is 10.8. The van der Waals surface area contributed by atoms with Crippen LogP contribution in [-0.2, 0) is 4.79 Å². The molecular formula is C19H17N7O3. The van der Waals surface area contributed by atoms with Gasteiger partial charge in [-0.2, -0.15) is 10.5 Å². The van der Waals surface area contributed by atoms with E-state index in [1.807, 2.05) is 18.9 Å². The molecule has 29 heavy (non-hydrogen) atoms. The first kappa shape index (κ1) is 21.0. The molecule has 10 heteroatoms. The van der Waals surface area contributed by atoms with Gasteiger partial charge < -0.3 is 10.2 Å². The number of non-ortho nitro benzene ring substituents is 1. The molecule has 0 atom stereocenters. The van der Waals surface area contributed by atoms with Crippen LogP contribution >= 0.6 is 0 Å². The van der Waals surface area contributed by atoms with Crippen LogP contribution < -0.4 is 10.2 Å². The molecule has 0 radical (unpaired) electrons. The summed E-state index contributed by atoms with van der Waals surface area (Å²) in [6.45, 7) is 4.09. The van der Waals surface area contributed by atoms with Gasteiger partial charge in [-0.15, -0.1) is 10.2 Å². The zero-order chi connectivity index (χ0) is 21.6. The standard InChI is InChI=1S/C19H17N7O3/c1-4-25(3)15-5-6-17(18(9-15)22-12(2)27)23-24-19-13(10-20)7-16(26(28)29)8-14(19)11-21/h5-9H,4H2,1-3H3,(H,22,27). The van der Waals surface area contributed by atoms with Gasteiger partial charge in [0.2, 0.25) is 5.91 Å². The molecule has 0 aliphatic heterocycles. The topological polar surface area (TPSA) is 148 Å². The number of nitriles is 2. The zero-order valence-corrected chi connectivity index (χ0v) is 16.0. The molecule has 146 valence electrons. The molecule has 0 saturated heterocycles. The lowest BCUT2D eigenvalue weighted by Gasteiger charge is -2.18. The van der Waals surface area contributed by atoms with E-state index < -0.39 is 4.92 Å². The number of rotatable bonds is 6. The fourth-order valence-electron chi connectivity index (χ4n) is 2.43. The first-order chi connectivity index (χ1) is 13.8. The minimum atomic E-state index is -0.694. The summed E-state index contributed by atoms with van der Waals surface area (Å²) >= 11 is 0. The van der Waals surface area contributed by atoms with Gasteiger partial charge in [-0.25, -0.2) is 0 Å². The third kappa shape index (κ3) is 4.90. The van der Waals surface area contributed by atoms with Gasteiger partial charge in [0.1, 0.15) is 23.5 Å². The quantitative estimate of drug-likeness (QED) is 0.444. The van der Waals surface area contributed by atoms with Crippen LogP contribution in [0.15, 0.2) is 40.6 Å². The number of carbonyl (C=O) groups excluding carboxylic acids is 1. The normalized spacial score (nSPS) is 10.2. The first-order valence-corrected chi connectivity index (χ1v) is 8.47. The third-order valence-electron chi connectivity index (χ3n) is 4.01. The molecule has 0 spiro atoms. The summed E-state index contributed by atoms with van der Waals surface area (Å²) in [4.78, 5) is 23.8. The van der Waals surface area contributed by atoms with E-state index in [4.69, 9.17) is 0 Å². The number of carbonyl (C=O) groups is 1. The van der Waals surface area contributed by atoms with Gasteiger partial charge in [-0.3, -0.25) is 14.9 Å². The molecule has 1 amide bonds. The van der Waals surface area contributed by atoms with Crippen molar-refractivity contribution in [2.24, 2.45) is 10.2 Å². The van der Waals surface area contributed by atoms with Crippen LogP contribution in [0, 0.1) is 32.8 Å². The Balaban J connectivity index is 2.56. The number of benzene rings is 2. The Kier molecular flexibility index (Phi) is 6.56. The van der Waals surface area contributed by atoms with E-state index in [9.17, 15) is 25.4 Å². The van der Waals surface area contributed by atoms with Crippen LogP contribution in [-0.4, -0.2) is 24.4 Å². The van der Waals surface area contributed by atoms with Gasteiger partial charge >= 0.3 is 0 Å². The Morgan fingerprint density at radius 2 is 1.83 bits per heavy atom. The lowest BCUT2D eigenvalue weighted by atomic mass is 10.1. The molecule has 0 fully saturated rings. The zero-order valence-electron chi connectivity index (χ0n) is 16.0. The monoisotopic (exact) mass is 391 g/mol. The molecule has 1 N–H and O–H groups in total. The summed E-state index contributed by atoms with van der Waals surface area (Å²) < 4.78 is 0. The van der Waals surface area contributed by atoms with Crippen molar-refractivity contribution in [3.05, 3.63) is 51.6 Å². The van der Waals surface area contributed by atoms with Gasteiger partial charge in [-0.1, -0.05) is 0 Å². The van der Waals surface area contributed by atoms with E-state index in [0.29, 0.717) is 11.4 Å². The Morgan fingerprint density at radius 3 is 2.31 bits per heavy atom. The van der Waals surface area contributed by atoms with Crippen molar-refractivity contribution in [3.8, 4) is 12.1 Å². The Hall–Kier alpha value is -4.31. The number of hydrogen-bond acceptors (Lipinski definition) is 8. The first-order valence-electron chi connectivity index (χ1n) is 8.47. The SMILES string of the molecule is CCN(C)c1ccc(N=Nc2c(C#N)cc([N+](=O)[O-])cc2C#N)c(NC(C)=O)c1. The van der Waals surface area contributed by atoms with E-state index >= 15 is 0 Å². The van der Waals surface area contributed by atoms with Gasteiger partial charge in [0.05, 0.1) is 21.7 Å². The molecule has 2 aromatic rings. The van der Waals surface area contributed by atoms with E-state index in [2.05, 4.69) is 15.5 Å². The molecule has 0 bridgehead atoms. The van der Waals surface area contributed by atoms with Crippen LogP contribution in [0.25, 0.3) is 0 Å². The van der Waals surface area contributed by atoms with Crippen molar-refractivity contribution in [1.29, 1.82) is 10.5 Å². The summed E-state index contributed by atoms with van der Waals surface area (Å²) in [5.74, 6) is -0.302. The number of nitrogens with zero attached hydrogens (tertiary/aromatic N) is 6. The number of anilines is 2. The number of hydrogen-bond donors (Lipinski definition) is 1. The fraction of sp³-hybridized carbons (Fsp3) is 0.211. The Bertz CT molecular complexity index is 1050. The Labute approximate surface area is 166 Å². The maximum absolute atomic E-state index is 11.5. The maximum Gasteiger partial charge on any atom is 0.272 e. The lowest BCUT2D eigenvalue weighted by molar-refractivity contribution is -0.384. The maximum atomic E-state index is 11.5. The highest BCUT2D eigenvalue weighted by molar-refractivity contribution is 5.93. The highest BCUT2D eigenvalue weighted by Crippen LogP contribution is 2.34. The van der Waals surface area contributed by atoms with Crippen molar-refractivity contribution in [1.82, 2.24) is 0 Å². The van der Waals surface area contributed by atoms with Gasteiger partial charge in [0, 0.05) is 38.3 Å². The second-order valence-corrected chi connectivity index (χ2v) is 5.97. The summed E-state index contributed by atoms with van der Waals surface area (Å²) in [5, 5.41) is 40.3. The molecule has 2 rings (SSSR count). The van der Waals surface area contributed by atoms with Crippen molar-refractivity contribution < 1.29 is 9.72 Å². The molecular weight excluding hydrogens is 374 g/mol. The van der Waals surface area contributed by atoms with Gasteiger partial charge in [0.15, 0.2) is 0 Å². The molecule has 2 aromatic carbocycles. The summed E-state index contributed by atoms with van der Waals surface area (Å²) in [6.07, 6.45) is 0. The minimum absolute atomic E-state index is 0.0795. The van der Waals surface area contributed by atoms with Crippen molar-refractivity contribution in [3.63, 3.8) is 0 Å². The van der Waals surface area contributed by atoms with E-state index in [-0.39, 0.29) is 28.4 Å². The lowest BCUT2D eigenvalue weighted by Crippen LogP contribution is -2.16. The molecule has 10 nitrogen and oxygen atoms in total. The number of nitro benzene ring substituents is 1. The minimum Gasteiger partial charge on any atom is -0.375 e. The third-order valence-corrected chi connectivity index (χ3v) is 4.01. The molecule has 0 aliphatic rings. The van der Waals surface area contributed by atoms with E-state index in [1.165, 1.54) is 6.92 Å².